The number of aromatic nitrogens is 3. The third-order valence-electron chi connectivity index (χ3n) is 6.71. The first-order valence-electron chi connectivity index (χ1n) is 12.4. The number of ether oxygens (including phenoxy) is 3. The maximum absolute atomic E-state index is 12.9. The van der Waals surface area contributed by atoms with Gasteiger partial charge in [-0.1, -0.05) is 16.3 Å². The lowest BCUT2D eigenvalue weighted by molar-refractivity contribution is -0.632. The molecule has 13 heteroatoms. The van der Waals surface area contributed by atoms with Crippen molar-refractivity contribution in [2.24, 2.45) is 7.05 Å². The number of aryl methyl sites for hydroxylation is 1. The van der Waals surface area contributed by atoms with Gasteiger partial charge in [-0.3, -0.25) is 9.69 Å². The number of fused-ring (bicyclic) bond motifs is 1. The third-order valence-corrected chi connectivity index (χ3v) is 7.61. The largest absolute Gasteiger partial charge is 0.507 e. The van der Waals surface area contributed by atoms with Crippen LogP contribution in [0.15, 0.2) is 41.9 Å². The molecule has 4 aromatic rings. The van der Waals surface area contributed by atoms with Crippen molar-refractivity contribution in [1.82, 2.24) is 15.3 Å². The minimum absolute atomic E-state index is 0.000576. The molecule has 12 nitrogen and oxygen atoms in total. The summed E-state index contributed by atoms with van der Waals surface area (Å²) in [5.74, 6) is 1.23. The second kappa shape index (κ2) is 11.2. The Kier molecular flexibility index (Phi) is 7.56. The van der Waals surface area contributed by atoms with Crippen LogP contribution in [0.25, 0.3) is 10.3 Å². The van der Waals surface area contributed by atoms with Gasteiger partial charge in [0.25, 0.3) is 5.91 Å². The van der Waals surface area contributed by atoms with Crippen LogP contribution in [0, 0.1) is 0 Å². The number of aromatic hydroxyl groups is 1. The average Bonchev–Trinajstić information content (AvgIpc) is 3.64. The summed E-state index contributed by atoms with van der Waals surface area (Å²) >= 11 is 1.51. The molecule has 0 saturated carbocycles. The number of carbonyl (C=O) groups is 2. The summed E-state index contributed by atoms with van der Waals surface area (Å²) in [6.45, 7) is 1.22. The first kappa shape index (κ1) is 26.9. The molecule has 1 amide bonds. The highest BCUT2D eigenvalue weighted by molar-refractivity contribution is 7.15. The summed E-state index contributed by atoms with van der Waals surface area (Å²) in [5.41, 5.74) is 3.54. The normalized spacial score (nSPS) is 14.7. The summed E-state index contributed by atoms with van der Waals surface area (Å²) in [4.78, 5) is 37.1. The van der Waals surface area contributed by atoms with Crippen LogP contribution in [-0.2, 0) is 11.8 Å². The average molecular weight is 566 g/mol. The van der Waals surface area contributed by atoms with Crippen LogP contribution in [-0.4, -0.2) is 67.4 Å². The van der Waals surface area contributed by atoms with Crippen molar-refractivity contribution in [1.29, 1.82) is 0 Å². The van der Waals surface area contributed by atoms with E-state index in [4.69, 9.17) is 14.5 Å². The lowest BCUT2D eigenvalue weighted by Gasteiger charge is -2.15. The van der Waals surface area contributed by atoms with E-state index in [0.29, 0.717) is 36.8 Å². The van der Waals surface area contributed by atoms with Gasteiger partial charge in [0, 0.05) is 23.7 Å². The van der Waals surface area contributed by atoms with E-state index >= 15 is 0 Å². The maximum Gasteiger partial charge on any atom is 0.397 e. The molecule has 1 fully saturated rings. The zero-order chi connectivity index (χ0) is 28.4. The number of carbonyl (C=O) groups excluding carboxylic acids is 2. The van der Waals surface area contributed by atoms with E-state index in [2.05, 4.69) is 25.3 Å². The fourth-order valence-corrected chi connectivity index (χ4v) is 5.42. The van der Waals surface area contributed by atoms with E-state index in [0.717, 1.165) is 22.0 Å². The second-order valence-electron chi connectivity index (χ2n) is 9.15. The number of hydrogen-bond donors (Lipinski definition) is 3. The lowest BCUT2D eigenvalue weighted by Crippen LogP contribution is -2.42. The number of anilines is 3. The van der Waals surface area contributed by atoms with Crippen LogP contribution >= 0.6 is 11.3 Å². The van der Waals surface area contributed by atoms with Gasteiger partial charge in [-0.15, -0.1) is 0 Å². The van der Waals surface area contributed by atoms with E-state index in [1.54, 1.807) is 19.7 Å². The Morgan fingerprint density at radius 3 is 2.65 bits per heavy atom. The van der Waals surface area contributed by atoms with Crippen molar-refractivity contribution in [3.8, 4) is 17.2 Å². The quantitative estimate of drug-likeness (QED) is 0.216. The predicted octanol–water partition coefficient (Wildman–Crippen LogP) is 2.78. The monoisotopic (exact) mass is 565 g/mol. The molecule has 1 aliphatic heterocycles. The second-order valence-corrected chi connectivity index (χ2v) is 9.98. The molecule has 1 atom stereocenters. The van der Waals surface area contributed by atoms with E-state index in [-0.39, 0.29) is 28.8 Å². The minimum Gasteiger partial charge on any atom is -0.507 e. The van der Waals surface area contributed by atoms with Crippen LogP contribution in [0.3, 0.4) is 0 Å². The molecule has 0 spiro atoms. The number of hydrogen-bond acceptors (Lipinski definition) is 11. The number of benzene rings is 2. The molecule has 2 aromatic carbocycles. The van der Waals surface area contributed by atoms with Gasteiger partial charge in [0.15, 0.2) is 21.8 Å². The van der Waals surface area contributed by atoms with Gasteiger partial charge in [0.05, 0.1) is 53.0 Å². The Balaban J connectivity index is 1.35. The molecule has 0 aliphatic carbocycles. The van der Waals surface area contributed by atoms with Crippen molar-refractivity contribution in [2.75, 3.05) is 44.6 Å². The van der Waals surface area contributed by atoms with E-state index in [9.17, 15) is 14.7 Å². The van der Waals surface area contributed by atoms with Gasteiger partial charge in [0.2, 0.25) is 5.82 Å². The van der Waals surface area contributed by atoms with Crippen LogP contribution in [0.4, 0.5) is 17.5 Å². The Bertz CT molecular complexity index is 1590. The molecule has 1 unspecified atom stereocenters. The molecule has 2 aromatic heterocycles. The highest BCUT2D eigenvalue weighted by Crippen LogP contribution is 2.33. The number of rotatable bonds is 8. The summed E-state index contributed by atoms with van der Waals surface area (Å²) in [5, 5.41) is 16.5. The smallest absolute Gasteiger partial charge is 0.397 e. The van der Waals surface area contributed by atoms with Gasteiger partial charge in [0.1, 0.15) is 11.3 Å². The maximum atomic E-state index is 12.9. The molecule has 208 valence electrons. The topological polar surface area (TPSA) is 139 Å². The Morgan fingerprint density at radius 1 is 1.12 bits per heavy atom. The minimum atomic E-state index is -0.672. The van der Waals surface area contributed by atoms with E-state index in [1.165, 1.54) is 36.6 Å². The van der Waals surface area contributed by atoms with Gasteiger partial charge in [-0.25, -0.2) is 14.3 Å². The summed E-state index contributed by atoms with van der Waals surface area (Å²) in [6.07, 6.45) is 0.707. The van der Waals surface area contributed by atoms with E-state index < -0.39 is 5.97 Å². The Hall–Kier alpha value is -4.65. The van der Waals surface area contributed by atoms with Crippen molar-refractivity contribution in [2.45, 2.75) is 12.5 Å². The Labute approximate surface area is 234 Å². The fourth-order valence-electron chi connectivity index (χ4n) is 4.66. The van der Waals surface area contributed by atoms with Crippen molar-refractivity contribution in [3.05, 3.63) is 53.0 Å². The van der Waals surface area contributed by atoms with Crippen LogP contribution in [0.5, 0.6) is 17.2 Å². The molecular formula is C27H29N6O6S+. The van der Waals surface area contributed by atoms with Crippen molar-refractivity contribution >= 4 is 51.0 Å². The molecule has 0 bridgehead atoms. The number of nitrogens with one attached hydrogen (secondary N) is 2. The molecule has 1 aliphatic rings. The standard InChI is InChI=1S/C27H28N6O6S/c1-32-25-22(28-14-40-25)23(29-16-6-8-20(37-2)21(12-16)38-3)31-27(32)33-10-9-17(13-33)30-24(35)15-5-7-18(19(34)11-15)26(36)39-4/h5-8,11-12,14,17H,9-10,13H2,1-4H3,(H2,30,34,35,36)/p+1. The van der Waals surface area contributed by atoms with Crippen LogP contribution < -0.4 is 29.6 Å². The zero-order valence-corrected chi connectivity index (χ0v) is 23.2. The third kappa shape index (κ3) is 5.15. The van der Waals surface area contributed by atoms with Crippen LogP contribution in [0.2, 0.25) is 0 Å². The van der Waals surface area contributed by atoms with Crippen LogP contribution in [0.1, 0.15) is 27.1 Å². The zero-order valence-electron chi connectivity index (χ0n) is 22.4. The predicted molar refractivity (Wildman–Crippen MR) is 149 cm³/mol. The number of thiazole rings is 1. The van der Waals surface area contributed by atoms with Crippen molar-refractivity contribution in [3.63, 3.8) is 0 Å². The summed E-state index contributed by atoms with van der Waals surface area (Å²) < 4.78 is 17.4. The molecule has 0 radical (unpaired) electrons. The molecule has 5 rings (SSSR count). The highest BCUT2D eigenvalue weighted by atomic mass is 32.1. The number of amides is 1. The Morgan fingerprint density at radius 2 is 1.93 bits per heavy atom. The highest BCUT2D eigenvalue weighted by Gasteiger charge is 2.34. The number of phenols is 1. The van der Waals surface area contributed by atoms with Crippen molar-refractivity contribution < 1.29 is 33.5 Å². The van der Waals surface area contributed by atoms with E-state index in [1.807, 2.05) is 29.8 Å². The summed E-state index contributed by atoms with van der Waals surface area (Å²) in [6, 6.07) is 9.51. The number of methoxy groups -OCH3 is 3. The number of esters is 1. The van der Waals surface area contributed by atoms with Gasteiger partial charge >= 0.3 is 11.9 Å². The van der Waals surface area contributed by atoms with Gasteiger partial charge in [-0.05, 0) is 30.3 Å². The fraction of sp³-hybridized carbons (Fsp3) is 0.296. The first-order valence-corrected chi connectivity index (χ1v) is 13.3. The molecular weight excluding hydrogens is 536 g/mol. The number of nitrogens with zero attached hydrogens (tertiary/aromatic N) is 4. The molecule has 40 heavy (non-hydrogen) atoms. The SMILES string of the molecule is COC(=O)c1ccc(C(=O)NC2CCN(c3nc(Nc4ccc(OC)c(OC)c4)c4ncsc4[n+]3C)C2)cc1O. The molecule has 3 heterocycles. The molecule has 1 saturated heterocycles. The van der Waals surface area contributed by atoms with Gasteiger partial charge < -0.3 is 30.0 Å². The molecule has 3 N–H and O–H groups in total. The first-order chi connectivity index (χ1) is 19.3. The van der Waals surface area contributed by atoms with Gasteiger partial charge in [-0.2, -0.15) is 0 Å². The summed E-state index contributed by atoms with van der Waals surface area (Å²) in [7, 11) is 6.35. The lowest BCUT2D eigenvalue weighted by atomic mass is 10.1. The number of phenolic OH excluding ortho intramolecular Hbond substituents is 1.